The van der Waals surface area contributed by atoms with E-state index in [0.29, 0.717) is 11.3 Å². The van der Waals surface area contributed by atoms with Crippen LogP contribution < -0.4 is 5.73 Å². The third-order valence-corrected chi connectivity index (χ3v) is 2.80. The Morgan fingerprint density at radius 3 is 2.79 bits per heavy atom. The lowest BCUT2D eigenvalue weighted by Gasteiger charge is -2.02. The molecule has 0 saturated carbocycles. The molecule has 0 bridgehead atoms. The molecule has 3 aromatic rings. The molecule has 0 radical (unpaired) electrons. The van der Waals surface area contributed by atoms with Crippen molar-refractivity contribution in [3.63, 3.8) is 0 Å². The highest BCUT2D eigenvalue weighted by Gasteiger charge is 2.11. The number of nitrogens with two attached hydrogens (primary N) is 1. The monoisotopic (exact) mass is 254 g/mol. The fourth-order valence-corrected chi connectivity index (χ4v) is 1.84. The van der Waals surface area contributed by atoms with Crippen LogP contribution >= 0.6 is 0 Å². The number of hydrogen-bond acceptors (Lipinski definition) is 5. The van der Waals surface area contributed by atoms with Crippen molar-refractivity contribution in [3.8, 4) is 11.3 Å². The first kappa shape index (κ1) is 11.3. The molecule has 2 N–H and O–H groups in total. The molecule has 19 heavy (non-hydrogen) atoms. The first-order valence-corrected chi connectivity index (χ1v) is 5.54. The molecule has 0 fully saturated rings. The molecule has 1 amide bonds. The highest BCUT2D eigenvalue weighted by molar-refractivity contribution is 5.93. The lowest BCUT2D eigenvalue weighted by Crippen LogP contribution is -2.13. The number of primary amides is 1. The van der Waals surface area contributed by atoms with Crippen LogP contribution in [0.3, 0.4) is 0 Å². The number of pyridine rings is 1. The van der Waals surface area contributed by atoms with Crippen molar-refractivity contribution < 1.29 is 4.79 Å². The first-order valence-electron chi connectivity index (χ1n) is 5.54. The Kier molecular flexibility index (Phi) is 2.45. The van der Waals surface area contributed by atoms with Gasteiger partial charge in [-0.15, -0.1) is 0 Å². The largest absolute Gasteiger partial charge is 0.364 e. The van der Waals surface area contributed by atoms with Crippen LogP contribution in [0.25, 0.3) is 22.3 Å². The Labute approximate surface area is 108 Å². The number of carbonyl (C=O) groups excluding carboxylic acids is 1. The zero-order valence-corrected chi connectivity index (χ0v) is 10.1. The van der Waals surface area contributed by atoms with Gasteiger partial charge in [0.2, 0.25) is 0 Å². The number of hydrogen-bond donors (Lipinski definition) is 1. The predicted octanol–water partition coefficient (Wildman–Crippen LogP) is 0.524. The number of carbonyl (C=O) groups is 1. The van der Waals surface area contributed by atoms with Crippen LogP contribution in [0.1, 0.15) is 10.5 Å². The number of rotatable bonds is 2. The van der Waals surface area contributed by atoms with Crippen LogP contribution in [0.5, 0.6) is 0 Å². The van der Waals surface area contributed by atoms with Gasteiger partial charge in [-0.3, -0.25) is 14.8 Å². The second-order valence-electron chi connectivity index (χ2n) is 4.06. The Hall–Kier alpha value is -2.83. The van der Waals surface area contributed by atoms with Gasteiger partial charge >= 0.3 is 0 Å². The summed E-state index contributed by atoms with van der Waals surface area (Å²) in [6, 6.07) is 0. The number of fused-ring (bicyclic) bond motifs is 1. The molecule has 0 spiro atoms. The lowest BCUT2D eigenvalue weighted by molar-refractivity contribution is 0.0995. The number of amides is 1. The summed E-state index contributed by atoms with van der Waals surface area (Å²) in [5, 5.41) is 0. The molecule has 0 aliphatic carbocycles. The van der Waals surface area contributed by atoms with Crippen molar-refractivity contribution in [2.75, 3.05) is 0 Å². The highest BCUT2D eigenvalue weighted by Crippen LogP contribution is 2.24. The quantitative estimate of drug-likeness (QED) is 0.718. The first-order chi connectivity index (χ1) is 9.16. The molecular formula is C12H10N6O. The third kappa shape index (κ3) is 1.81. The molecule has 3 aromatic heterocycles. The zero-order chi connectivity index (χ0) is 13.4. The minimum Gasteiger partial charge on any atom is -0.364 e. The van der Waals surface area contributed by atoms with Gasteiger partial charge < -0.3 is 10.3 Å². The maximum Gasteiger partial charge on any atom is 0.268 e. The summed E-state index contributed by atoms with van der Waals surface area (Å²) in [6.07, 6.45) is 7.94. The maximum atomic E-state index is 11.1. The van der Waals surface area contributed by atoms with E-state index in [9.17, 15) is 4.79 Å². The van der Waals surface area contributed by atoms with E-state index in [0.717, 1.165) is 11.0 Å². The van der Waals surface area contributed by atoms with Crippen molar-refractivity contribution in [1.29, 1.82) is 0 Å². The van der Waals surface area contributed by atoms with E-state index in [-0.39, 0.29) is 5.69 Å². The molecular weight excluding hydrogens is 244 g/mol. The molecule has 0 unspecified atom stereocenters. The minimum atomic E-state index is -0.615. The van der Waals surface area contributed by atoms with E-state index in [2.05, 4.69) is 19.9 Å². The van der Waals surface area contributed by atoms with Gasteiger partial charge in [-0.25, -0.2) is 9.97 Å². The van der Waals surface area contributed by atoms with Crippen LogP contribution in [0.2, 0.25) is 0 Å². The summed E-state index contributed by atoms with van der Waals surface area (Å²) >= 11 is 0. The highest BCUT2D eigenvalue weighted by atomic mass is 16.1. The normalized spacial score (nSPS) is 10.8. The predicted molar refractivity (Wildman–Crippen MR) is 68.1 cm³/mol. The summed E-state index contributed by atoms with van der Waals surface area (Å²) in [5.41, 5.74) is 8.19. The Morgan fingerprint density at radius 1 is 1.21 bits per heavy atom. The summed E-state index contributed by atoms with van der Waals surface area (Å²) in [7, 11) is 1.88. The van der Waals surface area contributed by atoms with Gasteiger partial charge in [0, 0.05) is 18.8 Å². The van der Waals surface area contributed by atoms with Gasteiger partial charge in [0.1, 0.15) is 11.2 Å². The molecule has 7 nitrogen and oxygen atoms in total. The third-order valence-electron chi connectivity index (χ3n) is 2.80. The molecule has 94 valence electrons. The fraction of sp³-hybridized carbons (Fsp3) is 0.0833. The van der Waals surface area contributed by atoms with E-state index in [1.807, 2.05) is 11.6 Å². The summed E-state index contributed by atoms with van der Waals surface area (Å²) in [5.74, 6) is -0.615. The summed E-state index contributed by atoms with van der Waals surface area (Å²) < 4.78 is 1.86. The molecule has 3 rings (SSSR count). The second-order valence-corrected chi connectivity index (χ2v) is 4.06. The van der Waals surface area contributed by atoms with Crippen LogP contribution in [-0.2, 0) is 7.05 Å². The fourth-order valence-electron chi connectivity index (χ4n) is 1.84. The summed E-state index contributed by atoms with van der Waals surface area (Å²) in [4.78, 5) is 27.7. The molecule has 3 heterocycles. The molecule has 0 saturated heterocycles. The smallest absolute Gasteiger partial charge is 0.268 e. The van der Waals surface area contributed by atoms with E-state index >= 15 is 0 Å². The van der Waals surface area contributed by atoms with Crippen LogP contribution in [0.4, 0.5) is 0 Å². The van der Waals surface area contributed by atoms with E-state index < -0.39 is 5.91 Å². The van der Waals surface area contributed by atoms with E-state index in [4.69, 9.17) is 5.73 Å². The second kappa shape index (κ2) is 4.13. The van der Waals surface area contributed by atoms with Gasteiger partial charge in [-0.2, -0.15) is 0 Å². The standard InChI is InChI=1S/C12H10N6O/c1-18-6-16-11-7(2-14-5-10(11)18)8-3-15-4-9(17-8)12(13)19/h2-6H,1H3,(H2,13,19). The van der Waals surface area contributed by atoms with Gasteiger partial charge in [-0.1, -0.05) is 0 Å². The molecule has 7 heteroatoms. The molecule has 0 atom stereocenters. The number of nitrogens with zero attached hydrogens (tertiary/aromatic N) is 5. The van der Waals surface area contributed by atoms with Gasteiger partial charge in [0.05, 0.1) is 36.1 Å². The number of aromatic nitrogens is 5. The zero-order valence-electron chi connectivity index (χ0n) is 10.1. The summed E-state index contributed by atoms with van der Waals surface area (Å²) in [6.45, 7) is 0. The Balaban J connectivity index is 2.24. The number of imidazole rings is 1. The molecule has 0 aromatic carbocycles. The van der Waals surface area contributed by atoms with Crippen molar-refractivity contribution in [2.45, 2.75) is 0 Å². The average Bonchev–Trinajstić information content (AvgIpc) is 2.81. The van der Waals surface area contributed by atoms with Gasteiger partial charge in [0.15, 0.2) is 0 Å². The van der Waals surface area contributed by atoms with Crippen LogP contribution in [-0.4, -0.2) is 30.4 Å². The Bertz CT molecular complexity index is 779. The average molecular weight is 254 g/mol. The SMILES string of the molecule is Cn1cnc2c(-c3cncc(C(N)=O)n3)cncc21. The van der Waals surface area contributed by atoms with Gasteiger partial charge in [-0.05, 0) is 0 Å². The maximum absolute atomic E-state index is 11.1. The minimum absolute atomic E-state index is 0.116. The van der Waals surface area contributed by atoms with Crippen molar-refractivity contribution >= 4 is 16.9 Å². The van der Waals surface area contributed by atoms with Crippen LogP contribution in [0, 0.1) is 0 Å². The molecule has 0 aliphatic heterocycles. The topological polar surface area (TPSA) is 99.6 Å². The van der Waals surface area contributed by atoms with Crippen molar-refractivity contribution in [2.24, 2.45) is 12.8 Å². The van der Waals surface area contributed by atoms with Gasteiger partial charge in [0.25, 0.3) is 5.91 Å². The van der Waals surface area contributed by atoms with E-state index in [1.165, 1.54) is 6.20 Å². The van der Waals surface area contributed by atoms with Crippen LogP contribution in [0.15, 0.2) is 31.1 Å². The lowest BCUT2D eigenvalue weighted by atomic mass is 10.2. The van der Waals surface area contributed by atoms with E-state index in [1.54, 1.807) is 24.9 Å². The van der Waals surface area contributed by atoms with Crippen molar-refractivity contribution in [1.82, 2.24) is 24.5 Å². The molecule has 0 aliphatic rings. The van der Waals surface area contributed by atoms with Crippen molar-refractivity contribution in [3.05, 3.63) is 36.8 Å². The number of aryl methyl sites for hydroxylation is 1. The Morgan fingerprint density at radius 2 is 2.00 bits per heavy atom.